The summed E-state index contributed by atoms with van der Waals surface area (Å²) in [5.74, 6) is -0.658. The van der Waals surface area contributed by atoms with Crippen molar-refractivity contribution in [3.05, 3.63) is 11.9 Å². The molecular weight excluding hydrogens is 260 g/mol. The predicted molar refractivity (Wildman–Crippen MR) is 71.1 cm³/mol. The van der Waals surface area contributed by atoms with Crippen LogP contribution in [0.4, 0.5) is 0 Å². The third-order valence-corrected chi connectivity index (χ3v) is 3.63. The van der Waals surface area contributed by atoms with Crippen LogP contribution in [0.1, 0.15) is 55.6 Å². The normalized spacial score (nSPS) is 17.5. The summed E-state index contributed by atoms with van der Waals surface area (Å²) < 4.78 is 5.94. The van der Waals surface area contributed by atoms with Crippen molar-refractivity contribution in [1.82, 2.24) is 20.3 Å². The molecule has 0 radical (unpaired) electrons. The number of carbonyl (C=O) groups excluding carboxylic acids is 2. The van der Waals surface area contributed by atoms with Crippen LogP contribution < -0.4 is 5.32 Å². The van der Waals surface area contributed by atoms with Gasteiger partial charge in [-0.05, 0) is 19.8 Å². The number of nitrogens with one attached hydrogen (secondary N) is 1. The van der Waals surface area contributed by atoms with Crippen molar-refractivity contribution in [3.63, 3.8) is 0 Å². The average Bonchev–Trinajstić information content (AvgIpc) is 2.96. The fourth-order valence-corrected chi connectivity index (χ4v) is 2.35. The largest absolute Gasteiger partial charge is 0.464 e. The average molecular weight is 280 g/mol. The Kier molecular flexibility index (Phi) is 4.70. The Hall–Kier alpha value is -1.92. The maximum absolute atomic E-state index is 12.1. The van der Waals surface area contributed by atoms with Crippen molar-refractivity contribution >= 4 is 11.9 Å². The molecule has 1 aromatic rings. The van der Waals surface area contributed by atoms with Crippen molar-refractivity contribution in [2.75, 3.05) is 7.11 Å². The van der Waals surface area contributed by atoms with E-state index in [9.17, 15) is 9.59 Å². The Bertz CT molecular complexity index is 480. The molecular formula is C13H20N4O3. The standard InChI is InChI=1S/C13H20N4O3/c1-9(12(18)14-10-6-4-3-5-7-10)17-8-11(15-16-17)13(19)20-2/h8-10H,3-7H2,1-2H3,(H,14,18). The summed E-state index contributed by atoms with van der Waals surface area (Å²) in [7, 11) is 1.28. The Balaban J connectivity index is 1.95. The molecule has 1 heterocycles. The molecule has 7 heteroatoms. The van der Waals surface area contributed by atoms with E-state index < -0.39 is 12.0 Å². The van der Waals surface area contributed by atoms with E-state index in [-0.39, 0.29) is 17.6 Å². The summed E-state index contributed by atoms with van der Waals surface area (Å²) in [6, 6.07) is -0.245. The van der Waals surface area contributed by atoms with Crippen molar-refractivity contribution < 1.29 is 14.3 Å². The molecule has 20 heavy (non-hydrogen) atoms. The van der Waals surface area contributed by atoms with Crippen LogP contribution in [0.5, 0.6) is 0 Å². The molecule has 1 aromatic heterocycles. The first kappa shape index (κ1) is 14.5. The van der Waals surface area contributed by atoms with Gasteiger partial charge in [0.15, 0.2) is 5.69 Å². The molecule has 1 unspecified atom stereocenters. The Morgan fingerprint density at radius 2 is 2.10 bits per heavy atom. The van der Waals surface area contributed by atoms with E-state index in [0.717, 1.165) is 25.7 Å². The highest BCUT2D eigenvalue weighted by atomic mass is 16.5. The minimum Gasteiger partial charge on any atom is -0.464 e. The zero-order valence-electron chi connectivity index (χ0n) is 11.8. The molecule has 0 aliphatic heterocycles. The highest BCUT2D eigenvalue weighted by molar-refractivity contribution is 5.86. The smallest absolute Gasteiger partial charge is 0.360 e. The summed E-state index contributed by atoms with van der Waals surface area (Å²) >= 11 is 0. The van der Waals surface area contributed by atoms with E-state index in [1.165, 1.54) is 24.4 Å². The number of aromatic nitrogens is 3. The SMILES string of the molecule is COC(=O)c1cn(C(C)C(=O)NC2CCCCC2)nn1. The van der Waals surface area contributed by atoms with Gasteiger partial charge in [0, 0.05) is 6.04 Å². The van der Waals surface area contributed by atoms with Gasteiger partial charge in [-0.2, -0.15) is 0 Å². The molecule has 2 rings (SSSR count). The maximum atomic E-state index is 12.1. The molecule has 7 nitrogen and oxygen atoms in total. The summed E-state index contributed by atoms with van der Waals surface area (Å²) in [6.07, 6.45) is 7.06. The van der Waals surface area contributed by atoms with E-state index in [0.29, 0.717) is 0 Å². The number of carbonyl (C=O) groups is 2. The first-order chi connectivity index (χ1) is 9.61. The number of esters is 1. The Morgan fingerprint density at radius 3 is 2.75 bits per heavy atom. The maximum Gasteiger partial charge on any atom is 0.360 e. The van der Waals surface area contributed by atoms with E-state index in [1.807, 2.05) is 0 Å². The summed E-state index contributed by atoms with van der Waals surface area (Å²) in [6.45, 7) is 1.73. The van der Waals surface area contributed by atoms with Gasteiger partial charge in [0.05, 0.1) is 13.3 Å². The van der Waals surface area contributed by atoms with E-state index in [1.54, 1.807) is 6.92 Å². The zero-order chi connectivity index (χ0) is 14.5. The van der Waals surface area contributed by atoms with Crippen LogP contribution in [0.3, 0.4) is 0 Å². The monoisotopic (exact) mass is 280 g/mol. The number of hydrogen-bond acceptors (Lipinski definition) is 5. The van der Waals surface area contributed by atoms with Crippen molar-refractivity contribution in [2.24, 2.45) is 0 Å². The van der Waals surface area contributed by atoms with Gasteiger partial charge in [0.25, 0.3) is 0 Å². The Morgan fingerprint density at radius 1 is 1.40 bits per heavy atom. The number of ether oxygens (including phenoxy) is 1. The topological polar surface area (TPSA) is 86.1 Å². The molecule has 1 aliphatic rings. The van der Waals surface area contributed by atoms with Crippen molar-refractivity contribution in [2.45, 2.75) is 51.1 Å². The third kappa shape index (κ3) is 3.34. The second-order valence-electron chi connectivity index (χ2n) is 5.09. The fraction of sp³-hybridized carbons (Fsp3) is 0.692. The van der Waals surface area contributed by atoms with Crippen LogP contribution in [0.15, 0.2) is 6.20 Å². The molecule has 110 valence electrons. The lowest BCUT2D eigenvalue weighted by atomic mass is 9.95. The number of methoxy groups -OCH3 is 1. The minimum atomic E-state index is -0.559. The lowest BCUT2D eigenvalue weighted by Crippen LogP contribution is -2.40. The van der Waals surface area contributed by atoms with E-state index >= 15 is 0 Å². The molecule has 0 bridgehead atoms. The van der Waals surface area contributed by atoms with E-state index in [4.69, 9.17) is 0 Å². The number of amides is 1. The molecule has 1 fully saturated rings. The van der Waals surface area contributed by atoms with Crippen LogP contribution in [-0.2, 0) is 9.53 Å². The zero-order valence-corrected chi connectivity index (χ0v) is 11.8. The van der Waals surface area contributed by atoms with Crippen molar-refractivity contribution in [3.8, 4) is 0 Å². The molecule has 0 saturated heterocycles. The van der Waals surface area contributed by atoms with Crippen molar-refractivity contribution in [1.29, 1.82) is 0 Å². The molecule has 0 spiro atoms. The van der Waals surface area contributed by atoms with Gasteiger partial charge >= 0.3 is 5.97 Å². The van der Waals surface area contributed by atoms with Crippen LogP contribution >= 0.6 is 0 Å². The van der Waals surface area contributed by atoms with Crippen LogP contribution in [0, 0.1) is 0 Å². The molecule has 0 aromatic carbocycles. The summed E-state index contributed by atoms with van der Waals surface area (Å²) in [4.78, 5) is 23.4. The number of rotatable bonds is 4. The minimum absolute atomic E-state index is 0.0989. The molecule has 1 atom stereocenters. The summed E-state index contributed by atoms with van der Waals surface area (Å²) in [5.41, 5.74) is 0.102. The quantitative estimate of drug-likeness (QED) is 0.834. The van der Waals surface area contributed by atoms with Crippen LogP contribution in [0.2, 0.25) is 0 Å². The highest BCUT2D eigenvalue weighted by Gasteiger charge is 2.22. The van der Waals surface area contributed by atoms with Gasteiger partial charge in [-0.1, -0.05) is 24.5 Å². The molecule has 1 N–H and O–H groups in total. The first-order valence-corrected chi connectivity index (χ1v) is 6.92. The predicted octanol–water partition coefficient (Wildman–Crippen LogP) is 1.07. The van der Waals surface area contributed by atoms with Gasteiger partial charge in [0.2, 0.25) is 5.91 Å². The second kappa shape index (κ2) is 6.49. The lowest BCUT2D eigenvalue weighted by molar-refractivity contribution is -0.125. The molecule has 1 saturated carbocycles. The lowest BCUT2D eigenvalue weighted by Gasteiger charge is -2.24. The van der Waals surface area contributed by atoms with Gasteiger partial charge in [-0.3, -0.25) is 4.79 Å². The number of hydrogen-bond donors (Lipinski definition) is 1. The van der Waals surface area contributed by atoms with Gasteiger partial charge in [-0.25, -0.2) is 9.48 Å². The van der Waals surface area contributed by atoms with Gasteiger partial charge in [-0.15, -0.1) is 5.10 Å². The van der Waals surface area contributed by atoms with Gasteiger partial charge < -0.3 is 10.1 Å². The van der Waals surface area contributed by atoms with Crippen LogP contribution in [-0.4, -0.2) is 40.0 Å². The third-order valence-electron chi connectivity index (χ3n) is 3.63. The van der Waals surface area contributed by atoms with Crippen LogP contribution in [0.25, 0.3) is 0 Å². The molecule has 1 aliphatic carbocycles. The molecule has 1 amide bonds. The Labute approximate surface area is 117 Å². The fourth-order valence-electron chi connectivity index (χ4n) is 2.35. The second-order valence-corrected chi connectivity index (χ2v) is 5.09. The first-order valence-electron chi connectivity index (χ1n) is 6.92. The van der Waals surface area contributed by atoms with E-state index in [2.05, 4.69) is 20.4 Å². The highest BCUT2D eigenvalue weighted by Crippen LogP contribution is 2.18. The van der Waals surface area contributed by atoms with Gasteiger partial charge in [0.1, 0.15) is 6.04 Å². The summed E-state index contributed by atoms with van der Waals surface area (Å²) in [5, 5.41) is 10.5. The number of nitrogens with zero attached hydrogens (tertiary/aromatic N) is 3.